The van der Waals surface area contributed by atoms with Crippen LogP contribution in [0.25, 0.3) is 21.8 Å². The molecule has 0 radical (unpaired) electrons. The molecular formula is C69H80Br4N14. The van der Waals surface area contributed by atoms with Gasteiger partial charge in [-0.05, 0) is 92.8 Å². The fourth-order valence-corrected chi connectivity index (χ4v) is 9.91. The normalized spacial score (nSPS) is 11.0. The molecule has 0 aliphatic heterocycles. The average molecular weight is 1430 g/mol. The van der Waals surface area contributed by atoms with Gasteiger partial charge in [-0.3, -0.25) is 20.0 Å². The minimum atomic E-state index is 0. The predicted octanol–water partition coefficient (Wildman–Crippen LogP) is 4.02. The van der Waals surface area contributed by atoms with Crippen molar-refractivity contribution in [3.63, 3.8) is 0 Å². The van der Waals surface area contributed by atoms with Crippen molar-refractivity contribution < 1.29 is 64.6 Å². The lowest BCUT2D eigenvalue weighted by Crippen LogP contribution is -3.00. The molecule has 0 spiro atoms. The van der Waals surface area contributed by atoms with E-state index in [4.69, 9.17) is 5.10 Å². The lowest BCUT2D eigenvalue weighted by atomic mass is 10.1. The largest absolute Gasteiger partial charge is 1.00 e. The zero-order valence-corrected chi connectivity index (χ0v) is 57.0. The number of pyridine rings is 2. The van der Waals surface area contributed by atoms with Gasteiger partial charge < -0.3 is 55.5 Å². The summed E-state index contributed by atoms with van der Waals surface area (Å²) in [6, 6.07) is 62.1. The first-order valence-electron chi connectivity index (χ1n) is 28.9. The molecule has 14 nitrogen and oxygen atoms in total. The highest BCUT2D eigenvalue weighted by atomic mass is 79.9. The van der Waals surface area contributed by atoms with Gasteiger partial charge in [0.2, 0.25) is 11.0 Å². The summed E-state index contributed by atoms with van der Waals surface area (Å²) in [5, 5.41) is 29.4. The summed E-state index contributed by atoms with van der Waals surface area (Å²) in [5.74, 6) is 1.93. The number of hydrogen-bond acceptors (Lipinski definition) is 9. The Balaban J connectivity index is 0.000000261. The molecule has 87 heavy (non-hydrogen) atoms. The number of halogens is 4. The van der Waals surface area contributed by atoms with Crippen LogP contribution in [-0.2, 0) is 33.7 Å². The Morgan fingerprint density at radius 1 is 0.448 bits per heavy atom. The van der Waals surface area contributed by atoms with Crippen molar-refractivity contribution in [3.05, 3.63) is 242 Å². The highest BCUT2D eigenvalue weighted by molar-refractivity contribution is 9.09. The minimum absolute atomic E-state index is 0. The maximum absolute atomic E-state index is 4.69. The molecule has 0 saturated heterocycles. The summed E-state index contributed by atoms with van der Waals surface area (Å²) in [7, 11) is 11.9. The molecule has 0 amide bonds. The number of fused-ring (bicyclic) bond motifs is 2. The first-order valence-corrected chi connectivity index (χ1v) is 30.0. The summed E-state index contributed by atoms with van der Waals surface area (Å²) < 4.78 is 11.1. The number of benzene rings is 6. The number of rotatable bonds is 24. The van der Waals surface area contributed by atoms with Gasteiger partial charge in [0.15, 0.2) is 18.2 Å². The Kier molecular flexibility index (Phi) is 30.5. The second-order valence-corrected chi connectivity index (χ2v) is 21.2. The van der Waals surface area contributed by atoms with Gasteiger partial charge >= 0.3 is 5.82 Å². The Hall–Kier alpha value is -7.64. The lowest BCUT2D eigenvalue weighted by molar-refractivity contribution is -0.672. The average Bonchev–Trinajstić information content (AvgIpc) is 4.08. The fraction of sp³-hybridized carbons (Fsp3) is 0.246. The van der Waals surface area contributed by atoms with Crippen molar-refractivity contribution in [3.8, 4) is 0 Å². The van der Waals surface area contributed by atoms with Gasteiger partial charge in [-0.25, -0.2) is 14.1 Å². The van der Waals surface area contributed by atoms with Crippen LogP contribution in [0.5, 0.6) is 0 Å². The number of aromatic nitrogens is 6. The lowest BCUT2D eigenvalue weighted by Gasteiger charge is -2.12. The van der Waals surface area contributed by atoms with E-state index in [-0.39, 0.29) is 50.9 Å². The van der Waals surface area contributed by atoms with Crippen molar-refractivity contribution in [2.45, 2.75) is 64.6 Å². The van der Waals surface area contributed by atoms with Crippen LogP contribution in [0.1, 0.15) is 67.7 Å². The third-order valence-electron chi connectivity index (χ3n) is 14.4. The molecule has 18 heteroatoms. The monoisotopic (exact) mass is 1420 g/mol. The highest BCUT2D eigenvalue weighted by Gasteiger charge is 2.15. The standard InChI is InChI=1S/C35H41N7.C22H25BrN3.C12H14N4.3BrH/c1-38-26-27-42(35(38)29-37-40(3)32-18-10-7-11-19-32)24-15-5-4-14-23-41-25-22-30(33-20-12-13-21-34(33)41)28-36-39(2)31-16-8-6-9-17-31;1-25(20-10-4-2-5-11-20)24-18-19-14-17-26(16-9-3-8-15-23)22-13-7-6-12-21(19)22;1-15-9-8-13-12(15)10-14-16(2)11-6-4-3-5-7-11;;;/h6-13,16-22,25-29H,4-5,14-15,23-24H2,1-3H3;2,4-7,10-14,17-18H,3,8-9,15-16H2,1H3;3-10H,1-2H3;3*1H/q+2;+1;;;;/p-3/b;;14-10+;;;. The van der Waals surface area contributed by atoms with Crippen LogP contribution in [0.2, 0.25) is 0 Å². The number of alkyl halides is 1. The number of para-hydroxylation sites is 6. The Bertz CT molecular complexity index is 3690. The van der Waals surface area contributed by atoms with Gasteiger partial charge in [-0.1, -0.05) is 113 Å². The van der Waals surface area contributed by atoms with E-state index >= 15 is 0 Å². The molecule has 0 aliphatic carbocycles. The van der Waals surface area contributed by atoms with Crippen LogP contribution in [0.15, 0.2) is 240 Å². The van der Waals surface area contributed by atoms with Crippen molar-refractivity contribution >= 4 is 85.3 Å². The minimum Gasteiger partial charge on any atom is -1.00 e. The molecule has 0 atom stereocenters. The Morgan fingerprint density at radius 2 is 0.839 bits per heavy atom. The van der Waals surface area contributed by atoms with Gasteiger partial charge in [0, 0.05) is 101 Å². The first-order chi connectivity index (χ1) is 41.2. The summed E-state index contributed by atoms with van der Waals surface area (Å²) in [6.07, 6.45) is 28.2. The molecule has 10 rings (SSSR count). The Morgan fingerprint density at radius 3 is 1.26 bits per heavy atom. The molecule has 0 fully saturated rings. The summed E-state index contributed by atoms with van der Waals surface area (Å²) in [5.41, 5.74) is 9.02. The molecule has 4 heterocycles. The zero-order chi connectivity index (χ0) is 58.7. The first kappa shape index (κ1) is 70.1. The molecule has 0 unspecified atom stereocenters. The second kappa shape index (κ2) is 37.8. The van der Waals surface area contributed by atoms with E-state index in [1.165, 1.54) is 53.9 Å². The number of imidazole rings is 2. The third kappa shape index (κ3) is 21.3. The molecule has 0 N–H and O–H groups in total. The van der Waals surface area contributed by atoms with Gasteiger partial charge in [-0.15, -0.1) is 0 Å². The molecule has 454 valence electrons. The second-order valence-electron chi connectivity index (χ2n) is 20.4. The van der Waals surface area contributed by atoms with Gasteiger partial charge in [0.25, 0.3) is 0 Å². The molecule has 4 aromatic heterocycles. The number of anilines is 4. The summed E-state index contributed by atoms with van der Waals surface area (Å²) >= 11 is 3.51. The van der Waals surface area contributed by atoms with Crippen LogP contribution in [-0.4, -0.2) is 72.5 Å². The van der Waals surface area contributed by atoms with Crippen LogP contribution in [0, 0.1) is 0 Å². The van der Waals surface area contributed by atoms with E-state index in [1.807, 2.05) is 170 Å². The molecular weight excluding hydrogens is 1340 g/mol. The quantitative estimate of drug-likeness (QED) is 0.0300. The highest BCUT2D eigenvalue weighted by Crippen LogP contribution is 2.19. The van der Waals surface area contributed by atoms with E-state index in [2.05, 4.69) is 183 Å². The van der Waals surface area contributed by atoms with Crippen LogP contribution < -0.4 is 84.7 Å². The maximum Gasteiger partial charge on any atom is 0.301 e. The maximum atomic E-state index is 4.69. The van der Waals surface area contributed by atoms with Gasteiger partial charge in [0.05, 0.1) is 65.8 Å². The smallest absolute Gasteiger partial charge is 0.301 e. The van der Waals surface area contributed by atoms with Gasteiger partial charge in [0.1, 0.15) is 31.7 Å². The van der Waals surface area contributed by atoms with Crippen molar-refractivity contribution in [1.29, 1.82) is 0 Å². The number of hydrogen-bond donors (Lipinski definition) is 0. The molecule has 0 aliphatic rings. The number of hydrazone groups is 4. The van der Waals surface area contributed by atoms with Crippen LogP contribution >= 0.6 is 15.9 Å². The van der Waals surface area contributed by atoms with Crippen LogP contribution in [0.3, 0.4) is 0 Å². The van der Waals surface area contributed by atoms with Crippen molar-refractivity contribution in [2.24, 2.45) is 34.5 Å². The number of unbranched alkanes of at least 4 members (excludes halogenated alkanes) is 5. The number of nitrogens with zero attached hydrogens (tertiary/aromatic N) is 14. The van der Waals surface area contributed by atoms with Gasteiger partial charge in [-0.2, -0.15) is 29.5 Å². The number of aryl methyl sites for hydroxylation is 5. The van der Waals surface area contributed by atoms with Crippen molar-refractivity contribution in [1.82, 2.24) is 14.1 Å². The van der Waals surface area contributed by atoms with E-state index < -0.39 is 0 Å². The molecule has 6 aromatic carbocycles. The zero-order valence-electron chi connectivity index (χ0n) is 50.6. The van der Waals surface area contributed by atoms with E-state index in [9.17, 15) is 0 Å². The van der Waals surface area contributed by atoms with E-state index in [0.717, 1.165) is 83.3 Å². The fourth-order valence-electron chi connectivity index (χ4n) is 9.51. The molecule has 0 bridgehead atoms. The SMILES string of the molecule is CN(/N=C/c1cc[n+](CCCCCBr)c2ccccc12)c1ccccc1.CN(/N=C/c1cc[n+](CCCCCCn2cc[n+](C)c2/C=N/N(C)c2ccccc2)c2ccccc12)c1ccccc1.CN(/N=C/c1nccn1C)c1ccccc1.[Br-].[Br-].[Br-]. The van der Waals surface area contributed by atoms with E-state index in [1.54, 1.807) is 12.4 Å². The molecule has 10 aromatic rings. The summed E-state index contributed by atoms with van der Waals surface area (Å²) in [4.78, 5) is 4.17. The third-order valence-corrected chi connectivity index (χ3v) is 15.0. The van der Waals surface area contributed by atoms with Crippen LogP contribution in [0.4, 0.5) is 22.7 Å². The summed E-state index contributed by atoms with van der Waals surface area (Å²) in [6.45, 7) is 3.04. The Labute approximate surface area is 554 Å². The van der Waals surface area contributed by atoms with Crippen molar-refractivity contribution in [2.75, 3.05) is 53.6 Å². The molecule has 0 saturated carbocycles. The van der Waals surface area contributed by atoms with E-state index in [0.29, 0.717) is 0 Å². The predicted molar refractivity (Wildman–Crippen MR) is 353 cm³/mol. The topological polar surface area (TPSA) is 96.8 Å².